The topological polar surface area (TPSA) is 79.4 Å². The third-order valence-electron chi connectivity index (χ3n) is 4.00. The summed E-state index contributed by atoms with van der Waals surface area (Å²) in [6.45, 7) is 1.93. The molecule has 0 aliphatic heterocycles. The van der Waals surface area contributed by atoms with Crippen molar-refractivity contribution in [1.29, 1.82) is 0 Å². The molecule has 0 aliphatic rings. The number of anilines is 1. The molecule has 28 heavy (non-hydrogen) atoms. The molecule has 6 nitrogen and oxygen atoms in total. The summed E-state index contributed by atoms with van der Waals surface area (Å²) in [5.74, 6) is -0.493. The van der Waals surface area contributed by atoms with Crippen molar-refractivity contribution in [1.82, 2.24) is 9.29 Å². The minimum Gasteiger partial charge on any atom is -0.322 e. The highest BCUT2D eigenvalue weighted by atomic mass is 35.5. The van der Waals surface area contributed by atoms with E-state index in [0.29, 0.717) is 5.69 Å². The molecule has 0 fully saturated rings. The van der Waals surface area contributed by atoms with E-state index in [1.54, 1.807) is 23.5 Å². The van der Waals surface area contributed by atoms with Crippen LogP contribution < -0.4 is 5.32 Å². The Morgan fingerprint density at radius 2 is 1.93 bits per heavy atom. The average molecular weight is 436 g/mol. The lowest BCUT2D eigenvalue weighted by Crippen LogP contribution is -2.23. The van der Waals surface area contributed by atoms with Crippen LogP contribution in [0.25, 0.3) is 11.3 Å². The first-order valence-corrected chi connectivity index (χ1v) is 10.9. The predicted octanol–water partition coefficient (Wildman–Crippen LogP) is 4.27. The van der Waals surface area contributed by atoms with Gasteiger partial charge in [0.15, 0.2) is 0 Å². The molecule has 0 unspecified atom stereocenters. The third kappa shape index (κ3) is 4.25. The van der Waals surface area contributed by atoms with Crippen LogP contribution in [0.3, 0.4) is 0 Å². The number of benzene rings is 2. The lowest BCUT2D eigenvalue weighted by Gasteiger charge is -2.13. The quantitative estimate of drug-likeness (QED) is 0.648. The Bertz CT molecular complexity index is 1140. The summed E-state index contributed by atoms with van der Waals surface area (Å²) in [6.07, 6.45) is 0. The van der Waals surface area contributed by atoms with E-state index in [1.165, 1.54) is 32.3 Å². The number of halogens is 1. The highest BCUT2D eigenvalue weighted by molar-refractivity contribution is 7.89. The van der Waals surface area contributed by atoms with Crippen molar-refractivity contribution in [2.24, 2.45) is 0 Å². The molecule has 0 radical (unpaired) electrons. The van der Waals surface area contributed by atoms with Gasteiger partial charge in [-0.1, -0.05) is 23.7 Å². The van der Waals surface area contributed by atoms with Crippen LogP contribution in [0, 0.1) is 6.92 Å². The average Bonchev–Trinajstić information content (AvgIpc) is 3.08. The molecule has 146 valence electrons. The Morgan fingerprint density at radius 1 is 1.18 bits per heavy atom. The van der Waals surface area contributed by atoms with Gasteiger partial charge in [0.05, 0.1) is 26.2 Å². The van der Waals surface area contributed by atoms with Gasteiger partial charge in [-0.05, 0) is 37.3 Å². The van der Waals surface area contributed by atoms with Crippen molar-refractivity contribution in [3.05, 3.63) is 63.4 Å². The summed E-state index contributed by atoms with van der Waals surface area (Å²) in [6, 6.07) is 11.3. The number of amides is 1. The molecule has 0 saturated heterocycles. The van der Waals surface area contributed by atoms with Crippen LogP contribution in [-0.4, -0.2) is 37.7 Å². The molecular weight excluding hydrogens is 418 g/mol. The zero-order valence-corrected chi connectivity index (χ0v) is 17.8. The second kappa shape index (κ2) is 8.00. The largest absolute Gasteiger partial charge is 0.322 e. The van der Waals surface area contributed by atoms with E-state index in [2.05, 4.69) is 10.3 Å². The molecule has 3 aromatic rings. The van der Waals surface area contributed by atoms with Crippen LogP contribution in [0.5, 0.6) is 0 Å². The van der Waals surface area contributed by atoms with Gasteiger partial charge in [0.2, 0.25) is 10.0 Å². The minimum atomic E-state index is -3.68. The first kappa shape index (κ1) is 20.5. The number of aryl methyl sites for hydroxylation is 1. The lowest BCUT2D eigenvalue weighted by atomic mass is 10.1. The van der Waals surface area contributed by atoms with Crippen molar-refractivity contribution in [2.75, 3.05) is 19.4 Å². The van der Waals surface area contributed by atoms with E-state index in [0.717, 1.165) is 20.6 Å². The van der Waals surface area contributed by atoms with Crippen molar-refractivity contribution < 1.29 is 13.2 Å². The minimum absolute atomic E-state index is 0.00116. The Hall–Kier alpha value is -2.26. The molecular formula is C19H18ClN3O3S2. The number of hydrogen-bond donors (Lipinski definition) is 1. The molecule has 0 spiro atoms. The number of aromatic nitrogens is 1. The molecule has 1 heterocycles. The van der Waals surface area contributed by atoms with E-state index < -0.39 is 15.9 Å². The molecule has 0 saturated carbocycles. The number of carbonyl (C=O) groups is 1. The van der Waals surface area contributed by atoms with Crippen molar-refractivity contribution in [3.63, 3.8) is 0 Å². The number of rotatable bonds is 5. The summed E-state index contributed by atoms with van der Waals surface area (Å²) in [5.41, 5.74) is 2.34. The molecule has 0 atom stereocenters. The number of sulfonamides is 1. The Morgan fingerprint density at radius 3 is 2.57 bits per heavy atom. The Balaban J connectivity index is 1.90. The molecule has 2 aromatic carbocycles. The summed E-state index contributed by atoms with van der Waals surface area (Å²) >= 11 is 7.69. The number of carbonyl (C=O) groups excluding carboxylic acids is 1. The molecule has 3 rings (SSSR count). The second-order valence-corrected chi connectivity index (χ2v) is 9.84. The van der Waals surface area contributed by atoms with Gasteiger partial charge in [-0.3, -0.25) is 4.79 Å². The third-order valence-corrected chi connectivity index (χ3v) is 6.91. The highest BCUT2D eigenvalue weighted by Crippen LogP contribution is 2.26. The SMILES string of the molecule is Cc1nc(-c2cccc(NC(=O)c3cc(S(=O)(=O)N(C)C)ccc3Cl)c2)cs1. The van der Waals surface area contributed by atoms with E-state index in [1.807, 2.05) is 24.4 Å². The van der Waals surface area contributed by atoms with Crippen LogP contribution in [0.2, 0.25) is 5.02 Å². The Labute approximate surface area is 172 Å². The summed E-state index contributed by atoms with van der Waals surface area (Å²) in [7, 11) is -0.823. The maximum absolute atomic E-state index is 12.7. The van der Waals surface area contributed by atoms with Crippen molar-refractivity contribution in [2.45, 2.75) is 11.8 Å². The van der Waals surface area contributed by atoms with Crippen LogP contribution in [0.15, 0.2) is 52.7 Å². The Kier molecular flexibility index (Phi) is 5.85. The maximum Gasteiger partial charge on any atom is 0.257 e. The zero-order chi connectivity index (χ0) is 20.5. The fourth-order valence-electron chi connectivity index (χ4n) is 2.50. The zero-order valence-electron chi connectivity index (χ0n) is 15.4. The number of thiazole rings is 1. The van der Waals surface area contributed by atoms with Crippen LogP contribution in [-0.2, 0) is 10.0 Å². The predicted molar refractivity (Wildman–Crippen MR) is 113 cm³/mol. The van der Waals surface area contributed by atoms with Gasteiger partial charge in [0, 0.05) is 30.7 Å². The standard InChI is InChI=1S/C19H18ClN3O3S2/c1-12-21-18(11-27-12)13-5-4-6-14(9-13)22-19(24)16-10-15(7-8-17(16)20)28(25,26)23(2)3/h4-11H,1-3H3,(H,22,24). The van der Waals surface area contributed by atoms with Gasteiger partial charge in [-0.15, -0.1) is 11.3 Å². The normalized spacial score (nSPS) is 11.6. The molecule has 1 aromatic heterocycles. The van der Waals surface area contributed by atoms with Gasteiger partial charge in [0.25, 0.3) is 5.91 Å². The smallest absolute Gasteiger partial charge is 0.257 e. The molecule has 1 amide bonds. The van der Waals surface area contributed by atoms with Gasteiger partial charge in [0.1, 0.15) is 0 Å². The van der Waals surface area contributed by atoms with E-state index in [-0.39, 0.29) is 15.5 Å². The van der Waals surface area contributed by atoms with Gasteiger partial charge in [-0.25, -0.2) is 17.7 Å². The molecule has 0 bridgehead atoms. The van der Waals surface area contributed by atoms with Crippen molar-refractivity contribution in [3.8, 4) is 11.3 Å². The number of hydrogen-bond acceptors (Lipinski definition) is 5. The van der Waals surface area contributed by atoms with Crippen molar-refractivity contribution >= 4 is 44.6 Å². The van der Waals surface area contributed by atoms with Crippen LogP contribution in [0.4, 0.5) is 5.69 Å². The van der Waals surface area contributed by atoms with Crippen LogP contribution >= 0.6 is 22.9 Å². The molecule has 0 aliphatic carbocycles. The fraction of sp³-hybridized carbons (Fsp3) is 0.158. The fourth-order valence-corrected chi connectivity index (χ4v) is 4.25. The van der Waals surface area contributed by atoms with Gasteiger partial charge in [-0.2, -0.15) is 0 Å². The van der Waals surface area contributed by atoms with E-state index in [4.69, 9.17) is 11.6 Å². The van der Waals surface area contributed by atoms with Gasteiger partial charge < -0.3 is 5.32 Å². The highest BCUT2D eigenvalue weighted by Gasteiger charge is 2.21. The lowest BCUT2D eigenvalue weighted by molar-refractivity contribution is 0.102. The first-order chi connectivity index (χ1) is 13.2. The van der Waals surface area contributed by atoms with E-state index in [9.17, 15) is 13.2 Å². The summed E-state index contributed by atoms with van der Waals surface area (Å²) < 4.78 is 25.7. The second-order valence-electron chi connectivity index (χ2n) is 6.22. The van der Waals surface area contributed by atoms with E-state index >= 15 is 0 Å². The first-order valence-electron chi connectivity index (χ1n) is 8.24. The number of nitrogens with one attached hydrogen (secondary N) is 1. The molecule has 9 heteroatoms. The van der Waals surface area contributed by atoms with Gasteiger partial charge >= 0.3 is 0 Å². The maximum atomic E-state index is 12.7. The molecule has 1 N–H and O–H groups in total. The van der Waals surface area contributed by atoms with Crippen LogP contribution in [0.1, 0.15) is 15.4 Å². The summed E-state index contributed by atoms with van der Waals surface area (Å²) in [5, 5.41) is 5.84. The number of nitrogens with zero attached hydrogens (tertiary/aromatic N) is 2. The monoisotopic (exact) mass is 435 g/mol. The summed E-state index contributed by atoms with van der Waals surface area (Å²) in [4.78, 5) is 17.2.